The second-order valence-corrected chi connectivity index (χ2v) is 5.08. The normalized spacial score (nSPS) is 18.9. The molecule has 1 aliphatic heterocycles. The van der Waals surface area contributed by atoms with Crippen LogP contribution in [0.4, 0.5) is 0 Å². The number of carbonyl (C=O) groups is 2. The summed E-state index contributed by atoms with van der Waals surface area (Å²) in [5.74, 6) is -0.863. The second kappa shape index (κ2) is 5.12. The molecule has 21 heavy (non-hydrogen) atoms. The minimum absolute atomic E-state index is 0.315. The van der Waals surface area contributed by atoms with E-state index in [4.69, 9.17) is 0 Å². The molecule has 1 atom stereocenters. The Morgan fingerprint density at radius 2 is 2.14 bits per heavy atom. The molecule has 0 spiro atoms. The number of piperidine rings is 1. The Hall–Kier alpha value is -2.51. The Kier molecular flexibility index (Phi) is 3.28. The van der Waals surface area contributed by atoms with Crippen molar-refractivity contribution in [3.63, 3.8) is 0 Å². The number of carboxylic acid groups (broad SMARTS) is 1. The van der Waals surface area contributed by atoms with Crippen molar-refractivity contribution >= 4 is 17.7 Å². The summed E-state index contributed by atoms with van der Waals surface area (Å²) in [6, 6.07) is -0.767. The molecular formula is C13H15N5O3. The van der Waals surface area contributed by atoms with Crippen LogP contribution in [0, 0.1) is 6.92 Å². The lowest BCUT2D eigenvalue weighted by atomic mass is 10.0. The van der Waals surface area contributed by atoms with E-state index in [-0.39, 0.29) is 5.91 Å². The number of hydrogen-bond acceptors (Lipinski definition) is 5. The number of aromatic nitrogens is 4. The van der Waals surface area contributed by atoms with Crippen LogP contribution in [0.25, 0.3) is 5.78 Å². The van der Waals surface area contributed by atoms with E-state index in [1.807, 2.05) is 0 Å². The summed E-state index contributed by atoms with van der Waals surface area (Å²) in [4.78, 5) is 33.4. The molecule has 3 rings (SSSR count). The van der Waals surface area contributed by atoms with Crippen LogP contribution in [0.2, 0.25) is 0 Å². The van der Waals surface area contributed by atoms with Crippen LogP contribution < -0.4 is 0 Å². The summed E-state index contributed by atoms with van der Waals surface area (Å²) in [5, 5.41) is 13.3. The SMILES string of the molecule is Cc1c(C(=O)N2CCCC[C@H]2C(=O)O)cnc2ncnn12. The smallest absolute Gasteiger partial charge is 0.326 e. The van der Waals surface area contributed by atoms with Gasteiger partial charge in [-0.25, -0.2) is 14.3 Å². The van der Waals surface area contributed by atoms with E-state index < -0.39 is 12.0 Å². The molecular weight excluding hydrogens is 274 g/mol. The first-order valence-electron chi connectivity index (χ1n) is 6.78. The molecule has 0 aromatic carbocycles. The van der Waals surface area contributed by atoms with Gasteiger partial charge in [0.25, 0.3) is 11.7 Å². The van der Waals surface area contributed by atoms with E-state index in [9.17, 15) is 14.7 Å². The Labute approximate surface area is 120 Å². The highest BCUT2D eigenvalue weighted by molar-refractivity contribution is 5.97. The monoisotopic (exact) mass is 289 g/mol. The molecule has 1 N–H and O–H groups in total. The lowest BCUT2D eigenvalue weighted by molar-refractivity contribution is -0.143. The molecule has 0 aliphatic carbocycles. The van der Waals surface area contributed by atoms with Gasteiger partial charge in [-0.05, 0) is 26.2 Å². The first kappa shape index (κ1) is 13.5. The van der Waals surface area contributed by atoms with Crippen LogP contribution in [0.3, 0.4) is 0 Å². The molecule has 0 unspecified atom stereocenters. The molecule has 8 nitrogen and oxygen atoms in total. The number of aliphatic carboxylic acids is 1. The average Bonchev–Trinajstić information content (AvgIpc) is 2.96. The van der Waals surface area contributed by atoms with E-state index in [2.05, 4.69) is 15.1 Å². The summed E-state index contributed by atoms with van der Waals surface area (Å²) >= 11 is 0. The van der Waals surface area contributed by atoms with Crippen molar-refractivity contribution in [3.8, 4) is 0 Å². The molecule has 2 aromatic rings. The van der Waals surface area contributed by atoms with Crippen molar-refractivity contribution < 1.29 is 14.7 Å². The fourth-order valence-corrected chi connectivity index (χ4v) is 2.69. The van der Waals surface area contributed by atoms with Gasteiger partial charge in [0.1, 0.15) is 12.4 Å². The number of hydrogen-bond donors (Lipinski definition) is 1. The molecule has 8 heteroatoms. The zero-order valence-electron chi connectivity index (χ0n) is 11.6. The van der Waals surface area contributed by atoms with Crippen molar-refractivity contribution in [2.24, 2.45) is 0 Å². The fourth-order valence-electron chi connectivity index (χ4n) is 2.69. The highest BCUT2D eigenvalue weighted by Crippen LogP contribution is 2.21. The molecule has 0 saturated carbocycles. The van der Waals surface area contributed by atoms with E-state index in [1.165, 1.54) is 21.9 Å². The predicted octanol–water partition coefficient (Wildman–Crippen LogP) is 0.512. The highest BCUT2D eigenvalue weighted by atomic mass is 16.4. The van der Waals surface area contributed by atoms with Crippen molar-refractivity contribution in [1.82, 2.24) is 24.5 Å². The number of fused-ring (bicyclic) bond motifs is 1. The van der Waals surface area contributed by atoms with Crippen LogP contribution >= 0.6 is 0 Å². The quantitative estimate of drug-likeness (QED) is 0.864. The summed E-state index contributed by atoms with van der Waals surface area (Å²) in [6.45, 7) is 2.20. The van der Waals surface area contributed by atoms with Gasteiger partial charge in [0, 0.05) is 12.7 Å². The van der Waals surface area contributed by atoms with Gasteiger partial charge in [-0.3, -0.25) is 4.79 Å². The first-order chi connectivity index (χ1) is 10.1. The van der Waals surface area contributed by atoms with Gasteiger partial charge in [0.2, 0.25) is 0 Å². The first-order valence-corrected chi connectivity index (χ1v) is 6.78. The van der Waals surface area contributed by atoms with Gasteiger partial charge in [-0.2, -0.15) is 10.1 Å². The predicted molar refractivity (Wildman–Crippen MR) is 71.8 cm³/mol. The minimum Gasteiger partial charge on any atom is -0.480 e. The second-order valence-electron chi connectivity index (χ2n) is 5.08. The van der Waals surface area contributed by atoms with Crippen LogP contribution in [0.5, 0.6) is 0 Å². The average molecular weight is 289 g/mol. The number of amides is 1. The summed E-state index contributed by atoms with van der Waals surface area (Å²) in [7, 11) is 0. The van der Waals surface area contributed by atoms with Gasteiger partial charge in [-0.1, -0.05) is 0 Å². The van der Waals surface area contributed by atoms with Crippen molar-refractivity contribution in [1.29, 1.82) is 0 Å². The Morgan fingerprint density at radius 1 is 1.33 bits per heavy atom. The summed E-state index contributed by atoms with van der Waals surface area (Å²) in [5.41, 5.74) is 0.971. The number of aryl methyl sites for hydroxylation is 1. The maximum absolute atomic E-state index is 12.7. The zero-order valence-corrected chi connectivity index (χ0v) is 11.6. The Bertz CT molecular complexity index is 711. The zero-order chi connectivity index (χ0) is 15.0. The number of carboxylic acids is 1. The van der Waals surface area contributed by atoms with Gasteiger partial charge < -0.3 is 10.0 Å². The topological polar surface area (TPSA) is 101 Å². The third-order valence-electron chi connectivity index (χ3n) is 3.83. The standard InChI is InChI=1S/C13H15N5O3/c1-8-9(6-14-13-15-7-16-18(8)13)11(19)17-5-3-2-4-10(17)12(20)21/h6-7,10H,2-5H2,1H3,(H,20,21)/t10-/m0/s1. The van der Waals surface area contributed by atoms with Crippen molar-refractivity contribution in [2.45, 2.75) is 32.2 Å². The van der Waals surface area contributed by atoms with E-state index in [1.54, 1.807) is 6.92 Å². The van der Waals surface area contributed by atoms with Crippen molar-refractivity contribution in [2.75, 3.05) is 6.54 Å². The van der Waals surface area contributed by atoms with Gasteiger partial charge in [0.15, 0.2) is 0 Å². The van der Waals surface area contributed by atoms with E-state index >= 15 is 0 Å². The van der Waals surface area contributed by atoms with Crippen LogP contribution in [0.15, 0.2) is 12.5 Å². The lowest BCUT2D eigenvalue weighted by Gasteiger charge is -2.33. The number of nitrogens with zero attached hydrogens (tertiary/aromatic N) is 5. The molecule has 0 radical (unpaired) electrons. The van der Waals surface area contributed by atoms with Crippen LogP contribution in [-0.4, -0.2) is 54.1 Å². The fraction of sp³-hybridized carbons (Fsp3) is 0.462. The summed E-state index contributed by atoms with van der Waals surface area (Å²) < 4.78 is 1.48. The molecule has 1 aliphatic rings. The van der Waals surface area contributed by atoms with Gasteiger partial charge >= 0.3 is 5.97 Å². The minimum atomic E-state index is -0.963. The van der Waals surface area contributed by atoms with Gasteiger partial charge in [0.05, 0.1) is 11.3 Å². The summed E-state index contributed by atoms with van der Waals surface area (Å²) in [6.07, 6.45) is 4.92. The molecule has 1 saturated heterocycles. The van der Waals surface area contributed by atoms with Crippen LogP contribution in [-0.2, 0) is 4.79 Å². The van der Waals surface area contributed by atoms with Crippen molar-refractivity contribution in [3.05, 3.63) is 23.8 Å². The Morgan fingerprint density at radius 3 is 2.90 bits per heavy atom. The van der Waals surface area contributed by atoms with Crippen LogP contribution in [0.1, 0.15) is 35.3 Å². The molecule has 0 bridgehead atoms. The van der Waals surface area contributed by atoms with E-state index in [0.717, 1.165) is 12.8 Å². The number of rotatable bonds is 2. The van der Waals surface area contributed by atoms with Gasteiger partial charge in [-0.15, -0.1) is 0 Å². The maximum atomic E-state index is 12.7. The third-order valence-corrected chi connectivity index (χ3v) is 3.83. The highest BCUT2D eigenvalue weighted by Gasteiger charge is 2.33. The molecule has 1 amide bonds. The van der Waals surface area contributed by atoms with E-state index in [0.29, 0.717) is 30.0 Å². The molecule has 110 valence electrons. The largest absolute Gasteiger partial charge is 0.480 e. The number of likely N-dealkylation sites (tertiary alicyclic amines) is 1. The molecule has 3 heterocycles. The molecule has 1 fully saturated rings. The third kappa shape index (κ3) is 2.22. The molecule has 2 aromatic heterocycles. The number of carbonyl (C=O) groups excluding carboxylic acids is 1. The Balaban J connectivity index is 1.99. The maximum Gasteiger partial charge on any atom is 0.326 e. The lowest BCUT2D eigenvalue weighted by Crippen LogP contribution is -2.48.